The fraction of sp³-hybridized carbons (Fsp3) is 0.176. The number of hydrogen-bond acceptors (Lipinski definition) is 3. The van der Waals surface area contributed by atoms with Crippen LogP contribution in [0.25, 0.3) is 5.65 Å². The second-order valence-electron chi connectivity index (χ2n) is 5.28. The summed E-state index contributed by atoms with van der Waals surface area (Å²) in [6.07, 6.45) is 1.85. The monoisotopic (exact) mass is 329 g/mol. The number of fused-ring (bicyclic) bond motifs is 1. The van der Waals surface area contributed by atoms with Crippen molar-refractivity contribution in [1.29, 1.82) is 0 Å². The summed E-state index contributed by atoms with van der Waals surface area (Å²) in [5, 5.41) is 3.28. The maximum Gasteiger partial charge on any atom is 0.274 e. The van der Waals surface area contributed by atoms with Gasteiger partial charge in [0.15, 0.2) is 0 Å². The van der Waals surface area contributed by atoms with Gasteiger partial charge in [-0.25, -0.2) is 4.98 Å². The molecule has 0 saturated heterocycles. The van der Waals surface area contributed by atoms with E-state index in [0.717, 1.165) is 11.2 Å². The number of carbonyl (C=O) groups excluding carboxylic acids is 1. The number of methoxy groups -OCH3 is 1. The van der Waals surface area contributed by atoms with Crippen molar-refractivity contribution >= 4 is 28.8 Å². The van der Waals surface area contributed by atoms with E-state index >= 15 is 0 Å². The summed E-state index contributed by atoms with van der Waals surface area (Å²) in [4.78, 5) is 17.1. The molecule has 0 fully saturated rings. The lowest BCUT2D eigenvalue weighted by molar-refractivity contribution is 0.102. The highest BCUT2D eigenvalue weighted by Gasteiger charge is 2.17. The molecule has 0 saturated carbocycles. The SMILES string of the molecule is COc1ccc(NC(=O)c2c(C)nc3cc(C)ccn23)cc1Cl. The average Bonchev–Trinajstić information content (AvgIpc) is 2.82. The standard InChI is InChI=1S/C17H16ClN3O2/c1-10-6-7-21-15(8-10)19-11(2)16(21)17(22)20-12-4-5-14(23-3)13(18)9-12/h4-9H,1-3H3,(H,20,22). The van der Waals surface area contributed by atoms with Crippen LogP contribution in [0.3, 0.4) is 0 Å². The van der Waals surface area contributed by atoms with Gasteiger partial charge in [0.25, 0.3) is 5.91 Å². The molecule has 0 aliphatic carbocycles. The molecule has 0 aliphatic rings. The number of nitrogens with zero attached hydrogens (tertiary/aromatic N) is 2. The van der Waals surface area contributed by atoms with Crippen LogP contribution in [0.5, 0.6) is 5.75 Å². The van der Waals surface area contributed by atoms with E-state index in [9.17, 15) is 4.79 Å². The number of anilines is 1. The first kappa shape index (κ1) is 15.4. The number of hydrogen-bond donors (Lipinski definition) is 1. The van der Waals surface area contributed by atoms with E-state index in [4.69, 9.17) is 16.3 Å². The third-order valence-corrected chi connectivity index (χ3v) is 3.88. The van der Waals surface area contributed by atoms with Crippen LogP contribution >= 0.6 is 11.6 Å². The fourth-order valence-corrected chi connectivity index (χ4v) is 2.73. The van der Waals surface area contributed by atoms with E-state index < -0.39 is 0 Å². The Hall–Kier alpha value is -2.53. The highest BCUT2D eigenvalue weighted by Crippen LogP contribution is 2.27. The molecule has 3 rings (SSSR count). The van der Waals surface area contributed by atoms with Gasteiger partial charge in [-0.3, -0.25) is 9.20 Å². The predicted molar refractivity (Wildman–Crippen MR) is 90.6 cm³/mol. The molecule has 2 heterocycles. The molecular formula is C17H16ClN3O2. The third kappa shape index (κ3) is 2.87. The number of benzene rings is 1. The number of amides is 1. The van der Waals surface area contributed by atoms with E-state index in [0.29, 0.717) is 27.8 Å². The lowest BCUT2D eigenvalue weighted by Crippen LogP contribution is -2.15. The Balaban J connectivity index is 1.95. The Morgan fingerprint density at radius 3 is 2.74 bits per heavy atom. The van der Waals surface area contributed by atoms with E-state index in [2.05, 4.69) is 10.3 Å². The molecule has 1 N–H and O–H groups in total. The van der Waals surface area contributed by atoms with Crippen molar-refractivity contribution in [3.63, 3.8) is 0 Å². The first-order valence-corrected chi connectivity index (χ1v) is 7.47. The van der Waals surface area contributed by atoms with Crippen molar-refractivity contribution in [3.05, 3.63) is 58.5 Å². The quantitative estimate of drug-likeness (QED) is 0.793. The molecule has 118 valence electrons. The van der Waals surface area contributed by atoms with Gasteiger partial charge in [-0.05, 0) is 49.7 Å². The predicted octanol–water partition coefficient (Wildman–Crippen LogP) is 3.87. The van der Waals surface area contributed by atoms with Gasteiger partial charge in [-0.1, -0.05) is 11.6 Å². The molecular weight excluding hydrogens is 314 g/mol. The van der Waals surface area contributed by atoms with E-state index in [1.807, 2.05) is 32.2 Å². The molecule has 1 amide bonds. The van der Waals surface area contributed by atoms with Gasteiger partial charge < -0.3 is 10.1 Å². The van der Waals surface area contributed by atoms with Crippen LogP contribution in [-0.4, -0.2) is 22.4 Å². The van der Waals surface area contributed by atoms with E-state index in [1.54, 1.807) is 29.7 Å². The van der Waals surface area contributed by atoms with Gasteiger partial charge >= 0.3 is 0 Å². The Morgan fingerprint density at radius 1 is 1.26 bits per heavy atom. The number of nitrogens with one attached hydrogen (secondary N) is 1. The second-order valence-corrected chi connectivity index (χ2v) is 5.69. The molecule has 6 heteroatoms. The molecule has 0 spiro atoms. The van der Waals surface area contributed by atoms with E-state index in [1.165, 1.54) is 0 Å². The van der Waals surface area contributed by atoms with Crippen LogP contribution in [0, 0.1) is 13.8 Å². The summed E-state index contributed by atoms with van der Waals surface area (Å²) in [5.41, 5.74) is 3.62. The number of aromatic nitrogens is 2. The number of halogens is 1. The minimum absolute atomic E-state index is 0.236. The largest absolute Gasteiger partial charge is 0.495 e. The summed E-state index contributed by atoms with van der Waals surface area (Å²) >= 11 is 6.09. The lowest BCUT2D eigenvalue weighted by Gasteiger charge is -2.08. The van der Waals surface area contributed by atoms with Crippen LogP contribution in [0.15, 0.2) is 36.5 Å². The first-order chi connectivity index (χ1) is 11.0. The molecule has 3 aromatic rings. The van der Waals surface area contributed by atoms with Gasteiger partial charge in [0, 0.05) is 11.9 Å². The summed E-state index contributed by atoms with van der Waals surface area (Å²) in [6.45, 7) is 3.81. The van der Waals surface area contributed by atoms with Gasteiger partial charge in [-0.2, -0.15) is 0 Å². The number of ether oxygens (including phenoxy) is 1. The Bertz CT molecular complexity index is 902. The summed E-state index contributed by atoms with van der Waals surface area (Å²) < 4.78 is 6.89. The maximum absolute atomic E-state index is 12.6. The van der Waals surface area contributed by atoms with Gasteiger partial charge in [0.2, 0.25) is 0 Å². The number of carbonyl (C=O) groups is 1. The number of rotatable bonds is 3. The maximum atomic E-state index is 12.6. The van der Waals surface area contributed by atoms with Gasteiger partial charge in [-0.15, -0.1) is 0 Å². The molecule has 1 aromatic carbocycles. The number of aryl methyl sites for hydroxylation is 2. The minimum atomic E-state index is -0.236. The van der Waals surface area contributed by atoms with Crippen molar-refractivity contribution in [2.75, 3.05) is 12.4 Å². The molecule has 0 unspecified atom stereocenters. The Morgan fingerprint density at radius 2 is 2.04 bits per heavy atom. The molecule has 0 radical (unpaired) electrons. The Labute approximate surface area is 138 Å². The Kier molecular flexibility index (Phi) is 3.96. The minimum Gasteiger partial charge on any atom is -0.495 e. The fourth-order valence-electron chi connectivity index (χ4n) is 2.47. The molecule has 0 aliphatic heterocycles. The van der Waals surface area contributed by atoms with Crippen LogP contribution in [-0.2, 0) is 0 Å². The summed E-state index contributed by atoms with van der Waals surface area (Å²) in [5.74, 6) is 0.325. The second kappa shape index (κ2) is 5.93. The first-order valence-electron chi connectivity index (χ1n) is 7.10. The molecule has 23 heavy (non-hydrogen) atoms. The van der Waals surface area contributed by atoms with Crippen molar-refractivity contribution in [2.45, 2.75) is 13.8 Å². The molecule has 0 atom stereocenters. The zero-order valence-electron chi connectivity index (χ0n) is 13.1. The van der Waals surface area contributed by atoms with Crippen molar-refractivity contribution < 1.29 is 9.53 Å². The number of pyridine rings is 1. The third-order valence-electron chi connectivity index (χ3n) is 3.58. The van der Waals surface area contributed by atoms with Crippen LogP contribution in [0.2, 0.25) is 5.02 Å². The van der Waals surface area contributed by atoms with Crippen LogP contribution in [0.4, 0.5) is 5.69 Å². The van der Waals surface area contributed by atoms with Crippen molar-refractivity contribution in [1.82, 2.24) is 9.38 Å². The summed E-state index contributed by atoms with van der Waals surface area (Å²) in [6, 6.07) is 8.98. The number of imidazole rings is 1. The normalized spacial score (nSPS) is 10.8. The smallest absolute Gasteiger partial charge is 0.274 e. The highest BCUT2D eigenvalue weighted by molar-refractivity contribution is 6.32. The highest BCUT2D eigenvalue weighted by atomic mass is 35.5. The molecule has 5 nitrogen and oxygen atoms in total. The van der Waals surface area contributed by atoms with Crippen molar-refractivity contribution in [3.8, 4) is 5.75 Å². The van der Waals surface area contributed by atoms with Gasteiger partial charge in [0.1, 0.15) is 17.1 Å². The topological polar surface area (TPSA) is 55.6 Å². The van der Waals surface area contributed by atoms with Gasteiger partial charge in [0.05, 0.1) is 17.8 Å². The molecule has 2 aromatic heterocycles. The summed E-state index contributed by atoms with van der Waals surface area (Å²) in [7, 11) is 1.54. The van der Waals surface area contributed by atoms with E-state index in [-0.39, 0.29) is 5.91 Å². The van der Waals surface area contributed by atoms with Crippen LogP contribution in [0.1, 0.15) is 21.7 Å². The van der Waals surface area contributed by atoms with Crippen molar-refractivity contribution in [2.24, 2.45) is 0 Å². The molecule has 0 bridgehead atoms. The van der Waals surface area contributed by atoms with Crippen LogP contribution < -0.4 is 10.1 Å². The average molecular weight is 330 g/mol. The lowest BCUT2D eigenvalue weighted by atomic mass is 10.2. The zero-order chi connectivity index (χ0) is 16.6. The zero-order valence-corrected chi connectivity index (χ0v) is 13.8.